The number of carbonyl (C=O) groups excluding carboxylic acids is 1. The summed E-state index contributed by atoms with van der Waals surface area (Å²) in [4.78, 5) is 11.6. The molecule has 19 heavy (non-hydrogen) atoms. The quantitative estimate of drug-likeness (QED) is 0.655. The van der Waals surface area contributed by atoms with Crippen molar-refractivity contribution in [2.45, 2.75) is 0 Å². The number of halogens is 1. The largest absolute Gasteiger partial charge is 0.504 e. The molecule has 4 nitrogen and oxygen atoms in total. The monoisotopic (exact) mass is 258 g/mol. The van der Waals surface area contributed by atoms with Crippen molar-refractivity contribution < 1.29 is 14.3 Å². The molecule has 0 saturated carbocycles. The molecule has 96 valence electrons. The minimum absolute atomic E-state index is 0.188. The first-order valence-corrected chi connectivity index (χ1v) is 5.54. The lowest BCUT2D eigenvalue weighted by Crippen LogP contribution is -2.17. The number of nitrogens with zero attached hydrogens (tertiary/aromatic N) is 1. The van der Waals surface area contributed by atoms with Crippen LogP contribution in [0.2, 0.25) is 0 Å². The summed E-state index contributed by atoms with van der Waals surface area (Å²) in [5.41, 5.74) is 2.94. The van der Waals surface area contributed by atoms with Crippen molar-refractivity contribution in [3.05, 3.63) is 65.5 Å². The molecule has 1 amide bonds. The minimum Gasteiger partial charge on any atom is -0.504 e. The second-order valence-electron chi connectivity index (χ2n) is 3.74. The number of carbonyl (C=O) groups is 1. The van der Waals surface area contributed by atoms with E-state index < -0.39 is 11.6 Å². The van der Waals surface area contributed by atoms with Gasteiger partial charge in [-0.15, -0.1) is 0 Å². The molecule has 0 radical (unpaired) electrons. The van der Waals surface area contributed by atoms with Gasteiger partial charge in [0.1, 0.15) is 0 Å². The van der Waals surface area contributed by atoms with E-state index in [1.54, 1.807) is 30.3 Å². The van der Waals surface area contributed by atoms with Crippen molar-refractivity contribution in [1.82, 2.24) is 5.43 Å². The van der Waals surface area contributed by atoms with Crippen LogP contribution < -0.4 is 5.43 Å². The predicted octanol–water partition coefficient (Wildman–Crippen LogP) is 2.30. The van der Waals surface area contributed by atoms with E-state index >= 15 is 0 Å². The Balaban J connectivity index is 2.05. The number of hydrazone groups is 1. The van der Waals surface area contributed by atoms with Gasteiger partial charge >= 0.3 is 0 Å². The first-order chi connectivity index (χ1) is 9.18. The normalized spacial score (nSPS) is 10.6. The summed E-state index contributed by atoms with van der Waals surface area (Å²) >= 11 is 0. The van der Waals surface area contributed by atoms with Gasteiger partial charge in [-0.1, -0.05) is 24.3 Å². The van der Waals surface area contributed by atoms with Gasteiger partial charge in [0.2, 0.25) is 0 Å². The molecule has 0 heterocycles. The zero-order chi connectivity index (χ0) is 13.7. The molecular weight excluding hydrogens is 247 g/mol. The third kappa shape index (κ3) is 3.16. The number of rotatable bonds is 3. The number of amides is 1. The Morgan fingerprint density at radius 1 is 1.16 bits per heavy atom. The highest BCUT2D eigenvalue weighted by Gasteiger charge is 2.05. The number of nitrogens with one attached hydrogen (secondary N) is 1. The predicted molar refractivity (Wildman–Crippen MR) is 69.6 cm³/mol. The fraction of sp³-hybridized carbons (Fsp3) is 0. The molecule has 0 bridgehead atoms. The summed E-state index contributed by atoms with van der Waals surface area (Å²) in [6, 6.07) is 12.6. The molecule has 5 heteroatoms. The molecule has 0 aliphatic rings. The van der Waals surface area contributed by atoms with E-state index in [4.69, 9.17) is 0 Å². The molecule has 2 aromatic rings. The Labute approximate surface area is 109 Å². The van der Waals surface area contributed by atoms with Gasteiger partial charge in [-0.3, -0.25) is 4.79 Å². The summed E-state index contributed by atoms with van der Waals surface area (Å²) in [6.07, 6.45) is 1.18. The standard InChI is InChI=1S/C14H11FN2O2/c15-12-8-4-7-11(13(12)18)9-16-17-14(19)10-5-2-1-3-6-10/h1-9,18H,(H,17,19)/b16-9+. The zero-order valence-electron chi connectivity index (χ0n) is 9.88. The van der Waals surface area contributed by atoms with Gasteiger partial charge in [-0.2, -0.15) is 5.10 Å². The van der Waals surface area contributed by atoms with Gasteiger partial charge in [0.05, 0.1) is 6.21 Å². The SMILES string of the molecule is O=C(N/N=C/c1cccc(F)c1O)c1ccccc1. The molecule has 2 N–H and O–H groups in total. The van der Waals surface area contributed by atoms with Gasteiger partial charge < -0.3 is 5.11 Å². The van der Waals surface area contributed by atoms with E-state index in [2.05, 4.69) is 10.5 Å². The zero-order valence-corrected chi connectivity index (χ0v) is 9.88. The van der Waals surface area contributed by atoms with Crippen LogP contribution in [0.4, 0.5) is 4.39 Å². The summed E-state index contributed by atoms with van der Waals surface area (Å²) in [6.45, 7) is 0. The van der Waals surface area contributed by atoms with E-state index in [0.717, 1.165) is 6.07 Å². The van der Waals surface area contributed by atoms with Crippen molar-refractivity contribution in [2.75, 3.05) is 0 Å². The maximum atomic E-state index is 13.0. The Hall–Kier alpha value is -2.69. The highest BCUT2D eigenvalue weighted by atomic mass is 19.1. The van der Waals surface area contributed by atoms with Crippen molar-refractivity contribution in [1.29, 1.82) is 0 Å². The summed E-state index contributed by atoms with van der Waals surface area (Å²) in [5, 5.41) is 13.1. The molecule has 0 aliphatic carbocycles. The summed E-state index contributed by atoms with van der Waals surface area (Å²) < 4.78 is 13.0. The first kappa shape index (κ1) is 12.8. The van der Waals surface area contributed by atoms with Crippen LogP contribution in [0.1, 0.15) is 15.9 Å². The van der Waals surface area contributed by atoms with E-state index in [-0.39, 0.29) is 11.5 Å². The van der Waals surface area contributed by atoms with Gasteiger partial charge in [-0.25, -0.2) is 9.82 Å². The third-order valence-corrected chi connectivity index (χ3v) is 2.42. The average molecular weight is 258 g/mol. The second kappa shape index (κ2) is 5.77. The van der Waals surface area contributed by atoms with Crippen molar-refractivity contribution >= 4 is 12.1 Å². The van der Waals surface area contributed by atoms with Crippen molar-refractivity contribution in [3.8, 4) is 5.75 Å². The maximum Gasteiger partial charge on any atom is 0.271 e. The Morgan fingerprint density at radius 2 is 1.89 bits per heavy atom. The van der Waals surface area contributed by atoms with Crippen molar-refractivity contribution in [2.24, 2.45) is 5.10 Å². The molecule has 0 saturated heterocycles. The molecule has 0 aromatic heterocycles. The molecular formula is C14H11FN2O2. The van der Waals surface area contributed by atoms with E-state index in [0.29, 0.717) is 5.56 Å². The van der Waals surface area contributed by atoms with Gasteiger partial charge in [0.25, 0.3) is 5.91 Å². The lowest BCUT2D eigenvalue weighted by Gasteiger charge is -2.00. The van der Waals surface area contributed by atoms with Crippen LogP contribution in [0.15, 0.2) is 53.6 Å². The molecule has 0 aliphatic heterocycles. The molecule has 2 aromatic carbocycles. The smallest absolute Gasteiger partial charge is 0.271 e. The highest BCUT2D eigenvalue weighted by molar-refractivity contribution is 5.95. The fourth-order valence-electron chi connectivity index (χ4n) is 1.45. The number of para-hydroxylation sites is 1. The number of aromatic hydroxyl groups is 1. The Morgan fingerprint density at radius 3 is 2.63 bits per heavy atom. The number of phenols is 1. The molecule has 0 fully saturated rings. The molecule has 0 spiro atoms. The summed E-state index contributed by atoms with van der Waals surface area (Å²) in [5.74, 6) is -1.62. The first-order valence-electron chi connectivity index (χ1n) is 5.54. The van der Waals surface area contributed by atoms with E-state index in [1.807, 2.05) is 0 Å². The number of hydrogen-bond donors (Lipinski definition) is 2. The average Bonchev–Trinajstić information content (AvgIpc) is 2.44. The van der Waals surface area contributed by atoms with Crippen LogP contribution in [0.5, 0.6) is 5.75 Å². The van der Waals surface area contributed by atoms with E-state index in [1.165, 1.54) is 18.3 Å². The van der Waals surface area contributed by atoms with Crippen LogP contribution in [0.25, 0.3) is 0 Å². The van der Waals surface area contributed by atoms with Crippen LogP contribution >= 0.6 is 0 Å². The number of hydrogen-bond acceptors (Lipinski definition) is 3. The topological polar surface area (TPSA) is 61.7 Å². The second-order valence-corrected chi connectivity index (χ2v) is 3.74. The number of phenolic OH excluding ortho intramolecular Hbond substituents is 1. The molecule has 2 rings (SSSR count). The molecule has 0 unspecified atom stereocenters. The van der Waals surface area contributed by atoms with Crippen molar-refractivity contribution in [3.63, 3.8) is 0 Å². The van der Waals surface area contributed by atoms with Crippen LogP contribution in [0, 0.1) is 5.82 Å². The maximum absolute atomic E-state index is 13.0. The van der Waals surface area contributed by atoms with E-state index in [9.17, 15) is 14.3 Å². The van der Waals surface area contributed by atoms with Gasteiger partial charge in [0.15, 0.2) is 11.6 Å². The van der Waals surface area contributed by atoms with Gasteiger partial charge in [0, 0.05) is 11.1 Å². The lowest BCUT2D eigenvalue weighted by atomic mass is 10.2. The molecule has 0 atom stereocenters. The van der Waals surface area contributed by atoms with Crippen LogP contribution in [-0.4, -0.2) is 17.2 Å². The van der Waals surface area contributed by atoms with Crippen LogP contribution in [-0.2, 0) is 0 Å². The Kier molecular flexibility index (Phi) is 3.87. The Bertz CT molecular complexity index is 612. The number of benzene rings is 2. The lowest BCUT2D eigenvalue weighted by molar-refractivity contribution is 0.0955. The van der Waals surface area contributed by atoms with Crippen LogP contribution in [0.3, 0.4) is 0 Å². The summed E-state index contributed by atoms with van der Waals surface area (Å²) in [7, 11) is 0. The van der Waals surface area contributed by atoms with Gasteiger partial charge in [-0.05, 0) is 24.3 Å². The highest BCUT2D eigenvalue weighted by Crippen LogP contribution is 2.18. The third-order valence-electron chi connectivity index (χ3n) is 2.42. The minimum atomic E-state index is -0.738. The fourth-order valence-corrected chi connectivity index (χ4v) is 1.45.